The van der Waals surface area contributed by atoms with E-state index in [-0.39, 0.29) is 0 Å². The summed E-state index contributed by atoms with van der Waals surface area (Å²) >= 11 is 3.63. The van der Waals surface area contributed by atoms with Crippen LogP contribution in [0.25, 0.3) is 0 Å². The number of anilines is 1. The number of thioether (sulfide) groups is 2. The first-order valence-electron chi connectivity index (χ1n) is 4.01. The molecular weight excluding hydrogens is 200 g/mol. The van der Waals surface area contributed by atoms with E-state index >= 15 is 0 Å². The van der Waals surface area contributed by atoms with Crippen LogP contribution in [0.3, 0.4) is 0 Å². The average molecular weight is 214 g/mol. The van der Waals surface area contributed by atoms with Crippen LogP contribution in [0.5, 0.6) is 0 Å². The zero-order chi connectivity index (χ0) is 9.68. The van der Waals surface area contributed by atoms with Gasteiger partial charge in [-0.05, 0) is 24.6 Å². The van der Waals surface area contributed by atoms with Crippen molar-refractivity contribution in [2.24, 2.45) is 0 Å². The highest BCUT2D eigenvalue weighted by atomic mass is 32.2. The molecule has 0 radical (unpaired) electrons. The van der Waals surface area contributed by atoms with E-state index in [0.717, 1.165) is 11.4 Å². The molecule has 0 amide bonds. The minimum atomic E-state index is 0.420. The summed E-state index contributed by atoms with van der Waals surface area (Å²) in [6, 6.07) is 4.01. The van der Waals surface area contributed by atoms with E-state index in [9.17, 15) is 0 Å². The molecule has 0 saturated carbocycles. The molecule has 1 aromatic rings. The Labute approximate surface area is 87.9 Å². The molecule has 0 atom stereocenters. The number of rotatable bonds is 4. The molecule has 0 fully saturated rings. The molecule has 0 aliphatic carbocycles. The lowest BCUT2D eigenvalue weighted by Crippen LogP contribution is -1.99. The van der Waals surface area contributed by atoms with Crippen LogP contribution in [0.4, 0.5) is 5.69 Å². The van der Waals surface area contributed by atoms with Crippen LogP contribution < -0.4 is 5.32 Å². The highest BCUT2D eigenvalue weighted by molar-refractivity contribution is 8.15. The van der Waals surface area contributed by atoms with Gasteiger partial charge in [0, 0.05) is 13.2 Å². The molecule has 72 valence electrons. The molecule has 1 heterocycles. The molecule has 0 saturated heterocycles. The molecule has 0 aliphatic heterocycles. The monoisotopic (exact) mass is 214 g/mol. The topological polar surface area (TPSA) is 24.9 Å². The van der Waals surface area contributed by atoms with Gasteiger partial charge in [0.15, 0.2) is 0 Å². The molecule has 2 nitrogen and oxygen atoms in total. The standard InChI is InChI=1S/C9H14N2S2/c1-10-7-5-4-6-11-8(7)9(12-2)13-3/h4-6,9-10H,1-3H3. The zero-order valence-corrected chi connectivity index (χ0v) is 9.71. The predicted molar refractivity (Wildman–Crippen MR) is 63.6 cm³/mol. The van der Waals surface area contributed by atoms with Gasteiger partial charge in [-0.2, -0.15) is 0 Å². The van der Waals surface area contributed by atoms with E-state index < -0.39 is 0 Å². The molecule has 1 aromatic heterocycles. The summed E-state index contributed by atoms with van der Waals surface area (Å²) in [5, 5.41) is 3.16. The second-order valence-electron chi connectivity index (χ2n) is 2.49. The molecule has 1 N–H and O–H groups in total. The van der Waals surface area contributed by atoms with Crippen LogP contribution in [0, 0.1) is 0 Å². The van der Waals surface area contributed by atoms with Crippen molar-refractivity contribution in [3.8, 4) is 0 Å². The van der Waals surface area contributed by atoms with Crippen molar-refractivity contribution in [3.05, 3.63) is 24.0 Å². The van der Waals surface area contributed by atoms with Crippen molar-refractivity contribution in [3.63, 3.8) is 0 Å². The number of hydrogen-bond donors (Lipinski definition) is 1. The van der Waals surface area contributed by atoms with Crippen molar-refractivity contribution in [2.75, 3.05) is 24.9 Å². The van der Waals surface area contributed by atoms with E-state index in [1.165, 1.54) is 0 Å². The number of nitrogens with zero attached hydrogens (tertiary/aromatic N) is 1. The van der Waals surface area contributed by atoms with Gasteiger partial charge in [-0.15, -0.1) is 23.5 Å². The fraction of sp³-hybridized carbons (Fsp3) is 0.444. The smallest absolute Gasteiger partial charge is 0.0937 e. The van der Waals surface area contributed by atoms with Crippen molar-refractivity contribution in [1.82, 2.24) is 4.98 Å². The quantitative estimate of drug-likeness (QED) is 0.779. The van der Waals surface area contributed by atoms with Gasteiger partial charge in [0.05, 0.1) is 16.0 Å². The Bertz CT molecular complexity index is 262. The van der Waals surface area contributed by atoms with Gasteiger partial charge in [0.25, 0.3) is 0 Å². The number of aromatic nitrogens is 1. The molecule has 0 spiro atoms. The van der Waals surface area contributed by atoms with Gasteiger partial charge in [0.1, 0.15) is 0 Å². The van der Waals surface area contributed by atoms with E-state index in [2.05, 4.69) is 28.9 Å². The molecule has 0 unspecified atom stereocenters. The van der Waals surface area contributed by atoms with Crippen LogP contribution in [0.15, 0.2) is 18.3 Å². The lowest BCUT2D eigenvalue weighted by atomic mass is 10.3. The minimum absolute atomic E-state index is 0.420. The Morgan fingerprint density at radius 2 is 2.08 bits per heavy atom. The van der Waals surface area contributed by atoms with Crippen molar-refractivity contribution >= 4 is 29.2 Å². The largest absolute Gasteiger partial charge is 0.387 e. The molecular formula is C9H14N2S2. The summed E-state index contributed by atoms with van der Waals surface area (Å²) in [6.07, 6.45) is 6.06. The first-order valence-corrected chi connectivity index (χ1v) is 6.59. The van der Waals surface area contributed by atoms with Crippen molar-refractivity contribution in [1.29, 1.82) is 0 Å². The number of pyridine rings is 1. The summed E-state index contributed by atoms with van der Waals surface area (Å²) < 4.78 is 0.420. The van der Waals surface area contributed by atoms with Crippen LogP contribution >= 0.6 is 23.5 Å². The minimum Gasteiger partial charge on any atom is -0.387 e. The summed E-state index contributed by atoms with van der Waals surface area (Å²) in [7, 11) is 1.93. The zero-order valence-electron chi connectivity index (χ0n) is 8.07. The molecule has 0 aliphatic rings. The van der Waals surface area contributed by atoms with E-state index in [1.807, 2.05) is 42.8 Å². The second kappa shape index (κ2) is 5.40. The summed E-state index contributed by atoms with van der Waals surface area (Å²) in [5.41, 5.74) is 2.25. The van der Waals surface area contributed by atoms with E-state index in [4.69, 9.17) is 0 Å². The predicted octanol–water partition coefficient (Wildman–Crippen LogP) is 2.85. The van der Waals surface area contributed by atoms with Gasteiger partial charge < -0.3 is 5.32 Å². The summed E-state index contributed by atoms with van der Waals surface area (Å²) in [5.74, 6) is 0. The second-order valence-corrected chi connectivity index (χ2v) is 4.67. The van der Waals surface area contributed by atoms with Crippen LogP contribution in [-0.4, -0.2) is 24.5 Å². The maximum absolute atomic E-state index is 4.39. The fourth-order valence-electron chi connectivity index (χ4n) is 1.14. The summed E-state index contributed by atoms with van der Waals surface area (Å²) in [6.45, 7) is 0. The number of hydrogen-bond acceptors (Lipinski definition) is 4. The Balaban J connectivity index is 2.96. The third-order valence-corrected chi connectivity index (χ3v) is 4.22. The molecule has 0 aromatic carbocycles. The number of nitrogens with one attached hydrogen (secondary N) is 1. The first-order chi connectivity index (χ1) is 6.33. The lowest BCUT2D eigenvalue weighted by molar-refractivity contribution is 1.16. The molecule has 13 heavy (non-hydrogen) atoms. The van der Waals surface area contributed by atoms with Crippen molar-refractivity contribution < 1.29 is 0 Å². The molecule has 1 rings (SSSR count). The van der Waals surface area contributed by atoms with Crippen molar-refractivity contribution in [2.45, 2.75) is 4.58 Å². The third kappa shape index (κ3) is 2.54. The Morgan fingerprint density at radius 3 is 2.62 bits per heavy atom. The van der Waals surface area contributed by atoms with Crippen LogP contribution in [0.2, 0.25) is 0 Å². The van der Waals surface area contributed by atoms with Gasteiger partial charge in [-0.25, -0.2) is 0 Å². The Kier molecular flexibility index (Phi) is 4.45. The molecule has 4 heteroatoms. The molecule has 0 bridgehead atoms. The Hall–Kier alpha value is -0.350. The highest BCUT2D eigenvalue weighted by Gasteiger charge is 2.12. The average Bonchev–Trinajstić information content (AvgIpc) is 2.20. The summed E-state index contributed by atoms with van der Waals surface area (Å²) in [4.78, 5) is 4.39. The van der Waals surface area contributed by atoms with Gasteiger partial charge >= 0.3 is 0 Å². The third-order valence-electron chi connectivity index (χ3n) is 1.76. The van der Waals surface area contributed by atoms with E-state index in [1.54, 1.807) is 0 Å². The van der Waals surface area contributed by atoms with E-state index in [0.29, 0.717) is 4.58 Å². The lowest BCUT2D eigenvalue weighted by Gasteiger charge is -2.14. The maximum atomic E-state index is 4.39. The highest BCUT2D eigenvalue weighted by Crippen LogP contribution is 2.37. The normalized spacial score (nSPS) is 10.5. The van der Waals surface area contributed by atoms with Gasteiger partial charge in [0.2, 0.25) is 0 Å². The van der Waals surface area contributed by atoms with Crippen LogP contribution in [0.1, 0.15) is 10.3 Å². The van der Waals surface area contributed by atoms with Gasteiger partial charge in [-0.3, -0.25) is 4.98 Å². The maximum Gasteiger partial charge on any atom is 0.0937 e. The Morgan fingerprint density at radius 1 is 1.38 bits per heavy atom. The van der Waals surface area contributed by atoms with Gasteiger partial charge in [-0.1, -0.05) is 0 Å². The SMILES string of the molecule is CNc1cccnc1C(SC)SC. The van der Waals surface area contributed by atoms with Crippen LogP contribution in [-0.2, 0) is 0 Å². The fourth-order valence-corrected chi connectivity index (χ4v) is 2.73. The first kappa shape index (κ1) is 10.7.